The molecule has 1 rings (SSSR count). The van der Waals surface area contributed by atoms with Gasteiger partial charge in [-0.15, -0.1) is 0 Å². The Kier molecular flexibility index (Phi) is 5.55. The molecule has 6 heteroatoms. The van der Waals surface area contributed by atoms with E-state index in [0.717, 1.165) is 28.8 Å². The van der Waals surface area contributed by atoms with Crippen molar-refractivity contribution in [3.63, 3.8) is 0 Å². The van der Waals surface area contributed by atoms with Gasteiger partial charge in [-0.25, -0.2) is 0 Å². The number of aromatic nitrogens is 2. The van der Waals surface area contributed by atoms with Crippen LogP contribution in [0.25, 0.3) is 0 Å². The molecule has 19 heavy (non-hydrogen) atoms. The highest BCUT2D eigenvalue weighted by atomic mass is 79.9. The number of hydrogen-bond donors (Lipinski definition) is 1. The fourth-order valence-electron chi connectivity index (χ4n) is 1.89. The SMILES string of the molecule is CCOC(=O)C(C)(N)CCCn1nc(C)c(Br)c1C. The molecule has 0 radical (unpaired) electrons. The van der Waals surface area contributed by atoms with Gasteiger partial charge >= 0.3 is 5.97 Å². The monoisotopic (exact) mass is 331 g/mol. The predicted molar refractivity (Wildman–Crippen MR) is 77.9 cm³/mol. The molecule has 0 amide bonds. The van der Waals surface area contributed by atoms with Crippen molar-refractivity contribution in [1.82, 2.24) is 9.78 Å². The molecule has 0 aliphatic rings. The largest absolute Gasteiger partial charge is 0.465 e. The second kappa shape index (κ2) is 6.52. The minimum Gasteiger partial charge on any atom is -0.465 e. The summed E-state index contributed by atoms with van der Waals surface area (Å²) in [4.78, 5) is 11.7. The van der Waals surface area contributed by atoms with Crippen molar-refractivity contribution >= 4 is 21.9 Å². The molecule has 108 valence electrons. The van der Waals surface area contributed by atoms with E-state index in [4.69, 9.17) is 10.5 Å². The average molecular weight is 332 g/mol. The topological polar surface area (TPSA) is 70.1 Å². The summed E-state index contributed by atoms with van der Waals surface area (Å²) in [5.41, 5.74) is 7.10. The Morgan fingerprint density at radius 3 is 2.63 bits per heavy atom. The molecule has 0 aromatic carbocycles. The lowest BCUT2D eigenvalue weighted by molar-refractivity contribution is -0.149. The second-order valence-electron chi connectivity index (χ2n) is 4.95. The lowest BCUT2D eigenvalue weighted by atomic mass is 9.97. The molecule has 1 aromatic rings. The molecular formula is C13H22BrN3O2. The van der Waals surface area contributed by atoms with Gasteiger partial charge in [0.25, 0.3) is 0 Å². The maximum absolute atomic E-state index is 11.7. The fourth-order valence-corrected chi connectivity index (χ4v) is 2.17. The van der Waals surface area contributed by atoms with Crippen LogP contribution in [-0.4, -0.2) is 27.9 Å². The number of ether oxygens (including phenoxy) is 1. The molecule has 5 nitrogen and oxygen atoms in total. The van der Waals surface area contributed by atoms with E-state index in [0.29, 0.717) is 13.0 Å². The first-order chi connectivity index (χ1) is 8.79. The van der Waals surface area contributed by atoms with Gasteiger partial charge in [0.2, 0.25) is 0 Å². The molecule has 0 fully saturated rings. The van der Waals surface area contributed by atoms with Crippen molar-refractivity contribution in [3.05, 3.63) is 15.9 Å². The molecule has 0 saturated heterocycles. The molecule has 1 aromatic heterocycles. The molecule has 2 N–H and O–H groups in total. The van der Waals surface area contributed by atoms with Crippen LogP contribution in [0.4, 0.5) is 0 Å². The summed E-state index contributed by atoms with van der Waals surface area (Å²) in [6.07, 6.45) is 1.35. The fraction of sp³-hybridized carbons (Fsp3) is 0.692. The van der Waals surface area contributed by atoms with Crippen molar-refractivity contribution in [2.75, 3.05) is 6.61 Å². The first-order valence-electron chi connectivity index (χ1n) is 6.45. The highest BCUT2D eigenvalue weighted by Crippen LogP contribution is 2.20. The van der Waals surface area contributed by atoms with E-state index in [1.54, 1.807) is 13.8 Å². The predicted octanol–water partition coefficient (Wildman–Crippen LogP) is 2.32. The highest BCUT2D eigenvalue weighted by molar-refractivity contribution is 9.10. The average Bonchev–Trinajstić information content (AvgIpc) is 2.57. The lowest BCUT2D eigenvalue weighted by Gasteiger charge is -2.22. The summed E-state index contributed by atoms with van der Waals surface area (Å²) in [6.45, 7) is 8.56. The van der Waals surface area contributed by atoms with Crippen LogP contribution in [0.1, 0.15) is 38.1 Å². The van der Waals surface area contributed by atoms with Crippen molar-refractivity contribution in [3.8, 4) is 0 Å². The van der Waals surface area contributed by atoms with Crippen molar-refractivity contribution < 1.29 is 9.53 Å². The number of aryl methyl sites for hydroxylation is 2. The van der Waals surface area contributed by atoms with E-state index in [1.165, 1.54) is 0 Å². The Morgan fingerprint density at radius 1 is 1.53 bits per heavy atom. The van der Waals surface area contributed by atoms with Gasteiger partial charge in [0.1, 0.15) is 5.54 Å². The van der Waals surface area contributed by atoms with Gasteiger partial charge in [-0.05, 0) is 56.5 Å². The minimum atomic E-state index is -0.927. The van der Waals surface area contributed by atoms with Gasteiger partial charge in [0, 0.05) is 12.2 Å². The number of carbonyl (C=O) groups is 1. The normalized spacial score (nSPS) is 14.2. The molecule has 0 spiro atoms. The van der Waals surface area contributed by atoms with Gasteiger partial charge in [-0.2, -0.15) is 5.10 Å². The van der Waals surface area contributed by atoms with Crippen LogP contribution in [0.2, 0.25) is 0 Å². The van der Waals surface area contributed by atoms with Gasteiger partial charge < -0.3 is 10.5 Å². The van der Waals surface area contributed by atoms with E-state index in [2.05, 4.69) is 21.0 Å². The van der Waals surface area contributed by atoms with Crippen LogP contribution in [0, 0.1) is 13.8 Å². The molecular weight excluding hydrogens is 310 g/mol. The summed E-state index contributed by atoms with van der Waals surface area (Å²) in [5, 5.41) is 4.42. The number of halogens is 1. The number of nitrogens with zero attached hydrogens (tertiary/aromatic N) is 2. The molecule has 1 heterocycles. The Balaban J connectivity index is 2.54. The van der Waals surface area contributed by atoms with Crippen molar-refractivity contribution in [2.45, 2.75) is 52.6 Å². The van der Waals surface area contributed by atoms with E-state index >= 15 is 0 Å². The van der Waals surface area contributed by atoms with Crippen LogP contribution in [-0.2, 0) is 16.1 Å². The van der Waals surface area contributed by atoms with Crippen molar-refractivity contribution in [2.24, 2.45) is 5.73 Å². The second-order valence-corrected chi connectivity index (χ2v) is 5.74. The van der Waals surface area contributed by atoms with Gasteiger partial charge in [-0.1, -0.05) is 0 Å². The third kappa shape index (κ3) is 4.04. The lowest BCUT2D eigenvalue weighted by Crippen LogP contribution is -2.46. The van der Waals surface area contributed by atoms with Crippen LogP contribution in [0.5, 0.6) is 0 Å². The zero-order valence-electron chi connectivity index (χ0n) is 12.0. The van der Waals surface area contributed by atoms with E-state index in [9.17, 15) is 4.79 Å². The molecule has 0 aliphatic heterocycles. The first-order valence-corrected chi connectivity index (χ1v) is 7.24. The Bertz CT molecular complexity index is 455. The van der Waals surface area contributed by atoms with Crippen LogP contribution >= 0.6 is 15.9 Å². The molecule has 1 atom stereocenters. The van der Waals surface area contributed by atoms with Crippen molar-refractivity contribution in [1.29, 1.82) is 0 Å². The number of carbonyl (C=O) groups excluding carboxylic acids is 1. The summed E-state index contributed by atoms with van der Waals surface area (Å²) in [7, 11) is 0. The van der Waals surface area contributed by atoms with Crippen LogP contribution in [0.15, 0.2) is 4.47 Å². The maximum Gasteiger partial charge on any atom is 0.325 e. The summed E-state index contributed by atoms with van der Waals surface area (Å²) < 4.78 is 7.93. The summed E-state index contributed by atoms with van der Waals surface area (Å²) in [5.74, 6) is -0.343. The standard InChI is InChI=1S/C13H22BrN3O2/c1-5-19-12(18)13(4,15)7-6-8-17-10(3)11(14)9(2)16-17/h5-8,15H2,1-4H3. The Labute approximate surface area is 122 Å². The number of hydrogen-bond acceptors (Lipinski definition) is 4. The number of rotatable bonds is 6. The van der Waals surface area contributed by atoms with Gasteiger partial charge in [0.05, 0.1) is 16.8 Å². The minimum absolute atomic E-state index is 0.343. The summed E-state index contributed by atoms with van der Waals surface area (Å²) >= 11 is 3.49. The first kappa shape index (κ1) is 16.2. The van der Waals surface area contributed by atoms with Gasteiger partial charge in [-0.3, -0.25) is 9.48 Å². The third-order valence-corrected chi connectivity index (χ3v) is 4.25. The molecule has 0 saturated carbocycles. The molecule has 0 aliphatic carbocycles. The van der Waals surface area contributed by atoms with Gasteiger partial charge in [0.15, 0.2) is 0 Å². The zero-order valence-corrected chi connectivity index (χ0v) is 13.6. The zero-order chi connectivity index (χ0) is 14.6. The quantitative estimate of drug-likeness (QED) is 0.812. The van der Waals surface area contributed by atoms with Crippen LogP contribution in [0.3, 0.4) is 0 Å². The van der Waals surface area contributed by atoms with E-state index < -0.39 is 5.54 Å². The molecule has 1 unspecified atom stereocenters. The van der Waals surface area contributed by atoms with E-state index in [1.807, 2.05) is 18.5 Å². The Morgan fingerprint density at radius 2 is 2.16 bits per heavy atom. The van der Waals surface area contributed by atoms with E-state index in [-0.39, 0.29) is 5.97 Å². The summed E-state index contributed by atoms with van der Waals surface area (Å²) in [6, 6.07) is 0. The smallest absolute Gasteiger partial charge is 0.325 e. The Hall–Kier alpha value is -0.880. The number of esters is 1. The third-order valence-electron chi connectivity index (χ3n) is 3.10. The number of nitrogens with two attached hydrogens (primary N) is 1. The maximum atomic E-state index is 11.7. The highest BCUT2D eigenvalue weighted by Gasteiger charge is 2.29. The van der Waals surface area contributed by atoms with Crippen LogP contribution < -0.4 is 5.73 Å². The molecule has 0 bridgehead atoms.